The molecule has 0 amide bonds. The van der Waals surface area contributed by atoms with Gasteiger partial charge in [0.25, 0.3) is 0 Å². The molecule has 1 unspecified atom stereocenters. The summed E-state index contributed by atoms with van der Waals surface area (Å²) in [6.45, 7) is 2.57. The van der Waals surface area contributed by atoms with Gasteiger partial charge >= 0.3 is 12.2 Å². The van der Waals surface area contributed by atoms with Gasteiger partial charge in [-0.2, -0.15) is 13.2 Å². The largest absolute Gasteiger partial charge is 0.458 e. The second kappa shape index (κ2) is 6.21. The Balaban J connectivity index is 1.68. The molecular formula is C15H14F4N4O. The molecule has 128 valence electrons. The first-order valence-corrected chi connectivity index (χ1v) is 7.26. The van der Waals surface area contributed by atoms with Crippen LogP contribution < -0.4 is 9.64 Å². The van der Waals surface area contributed by atoms with Gasteiger partial charge in [-0.25, -0.2) is 19.3 Å². The van der Waals surface area contributed by atoms with Crippen molar-refractivity contribution in [3.05, 3.63) is 41.6 Å². The van der Waals surface area contributed by atoms with Crippen molar-refractivity contribution in [2.75, 3.05) is 18.0 Å². The maximum Gasteiger partial charge on any atom is 0.417 e. The van der Waals surface area contributed by atoms with Crippen molar-refractivity contribution in [1.29, 1.82) is 0 Å². The number of aryl methyl sites for hydroxylation is 1. The second-order valence-corrected chi connectivity index (χ2v) is 5.54. The molecule has 1 aliphatic rings. The molecule has 0 aromatic carbocycles. The Labute approximate surface area is 135 Å². The van der Waals surface area contributed by atoms with Crippen LogP contribution in [0.2, 0.25) is 0 Å². The highest BCUT2D eigenvalue weighted by atomic mass is 19.4. The van der Waals surface area contributed by atoms with E-state index in [4.69, 9.17) is 4.74 Å². The lowest BCUT2D eigenvalue weighted by atomic mass is 10.2. The van der Waals surface area contributed by atoms with Gasteiger partial charge in [0, 0.05) is 31.6 Å². The number of halogens is 4. The first-order valence-electron chi connectivity index (χ1n) is 7.26. The lowest BCUT2D eigenvalue weighted by molar-refractivity contribution is -0.138. The number of pyridine rings is 1. The number of anilines is 1. The van der Waals surface area contributed by atoms with Crippen molar-refractivity contribution in [2.45, 2.75) is 25.6 Å². The highest BCUT2D eigenvalue weighted by molar-refractivity contribution is 5.43. The molecule has 1 saturated heterocycles. The SMILES string of the molecule is Cc1cnc(OC2CCN(c3ncc(C(F)(F)F)cc3F)C2)nc1. The van der Waals surface area contributed by atoms with E-state index in [1.54, 1.807) is 17.3 Å². The summed E-state index contributed by atoms with van der Waals surface area (Å²) in [5.74, 6) is -1.11. The lowest BCUT2D eigenvalue weighted by Gasteiger charge is -2.19. The van der Waals surface area contributed by atoms with Crippen LogP contribution in [-0.4, -0.2) is 34.1 Å². The smallest absolute Gasteiger partial charge is 0.417 e. The Morgan fingerprint density at radius 1 is 1.17 bits per heavy atom. The van der Waals surface area contributed by atoms with Gasteiger partial charge in [0.1, 0.15) is 6.10 Å². The molecular weight excluding hydrogens is 328 g/mol. The molecule has 0 saturated carbocycles. The molecule has 1 aliphatic heterocycles. The van der Waals surface area contributed by atoms with Crippen LogP contribution >= 0.6 is 0 Å². The third kappa shape index (κ3) is 3.55. The minimum Gasteiger partial charge on any atom is -0.458 e. The van der Waals surface area contributed by atoms with E-state index in [9.17, 15) is 17.6 Å². The predicted molar refractivity (Wildman–Crippen MR) is 77.2 cm³/mol. The van der Waals surface area contributed by atoms with Gasteiger partial charge in [0.15, 0.2) is 11.6 Å². The van der Waals surface area contributed by atoms with Gasteiger partial charge in [-0.3, -0.25) is 0 Å². The van der Waals surface area contributed by atoms with Crippen LogP contribution in [0.15, 0.2) is 24.7 Å². The fourth-order valence-electron chi connectivity index (χ4n) is 2.43. The van der Waals surface area contributed by atoms with Gasteiger partial charge < -0.3 is 9.64 Å². The van der Waals surface area contributed by atoms with Gasteiger partial charge in [-0.05, 0) is 18.6 Å². The summed E-state index contributed by atoms with van der Waals surface area (Å²) in [6.07, 6.45) is -0.463. The maximum atomic E-state index is 14.0. The average molecular weight is 342 g/mol. The van der Waals surface area contributed by atoms with Crippen molar-refractivity contribution in [1.82, 2.24) is 15.0 Å². The van der Waals surface area contributed by atoms with E-state index < -0.39 is 17.6 Å². The van der Waals surface area contributed by atoms with Crippen molar-refractivity contribution >= 4 is 5.82 Å². The van der Waals surface area contributed by atoms with E-state index in [1.165, 1.54) is 0 Å². The highest BCUT2D eigenvalue weighted by Gasteiger charge is 2.33. The van der Waals surface area contributed by atoms with Gasteiger partial charge in [0.2, 0.25) is 0 Å². The number of alkyl halides is 3. The molecule has 9 heteroatoms. The normalized spacial score (nSPS) is 18.0. The summed E-state index contributed by atoms with van der Waals surface area (Å²) in [4.78, 5) is 13.2. The lowest BCUT2D eigenvalue weighted by Crippen LogP contribution is -2.26. The van der Waals surface area contributed by atoms with Crippen molar-refractivity contribution in [2.24, 2.45) is 0 Å². The topological polar surface area (TPSA) is 51.1 Å². The molecule has 2 aromatic heterocycles. The summed E-state index contributed by atoms with van der Waals surface area (Å²) < 4.78 is 57.2. The third-order valence-corrected chi connectivity index (χ3v) is 3.62. The summed E-state index contributed by atoms with van der Waals surface area (Å²) in [5, 5.41) is 0. The molecule has 5 nitrogen and oxygen atoms in total. The summed E-state index contributed by atoms with van der Waals surface area (Å²) in [5.41, 5.74) is -0.213. The average Bonchev–Trinajstić information content (AvgIpc) is 2.97. The van der Waals surface area contributed by atoms with E-state index in [-0.39, 0.29) is 17.9 Å². The van der Waals surface area contributed by atoms with Crippen LogP contribution in [0.5, 0.6) is 6.01 Å². The number of hydrogen-bond donors (Lipinski definition) is 0. The van der Waals surface area contributed by atoms with Crippen LogP contribution in [-0.2, 0) is 6.18 Å². The van der Waals surface area contributed by atoms with E-state index in [2.05, 4.69) is 15.0 Å². The molecule has 0 N–H and O–H groups in total. The summed E-state index contributed by atoms with van der Waals surface area (Å²) in [6, 6.07) is 0.674. The highest BCUT2D eigenvalue weighted by Crippen LogP contribution is 2.31. The Morgan fingerprint density at radius 3 is 2.50 bits per heavy atom. The van der Waals surface area contributed by atoms with E-state index in [1.807, 2.05) is 6.92 Å². The van der Waals surface area contributed by atoms with E-state index >= 15 is 0 Å². The fraction of sp³-hybridized carbons (Fsp3) is 0.400. The quantitative estimate of drug-likeness (QED) is 0.803. The Morgan fingerprint density at radius 2 is 1.88 bits per heavy atom. The molecule has 0 radical (unpaired) electrons. The van der Waals surface area contributed by atoms with E-state index in [0.717, 1.165) is 5.56 Å². The standard InChI is InChI=1S/C15H14F4N4O/c1-9-5-21-14(22-6-9)24-11-2-3-23(8-11)13-12(16)4-10(7-20-13)15(17,18)19/h4-7,11H,2-3,8H2,1H3. The Bertz CT molecular complexity index is 720. The minimum atomic E-state index is -4.62. The monoisotopic (exact) mass is 342 g/mol. The Kier molecular flexibility index (Phi) is 4.25. The van der Waals surface area contributed by atoms with Crippen LogP contribution in [0.3, 0.4) is 0 Å². The third-order valence-electron chi connectivity index (χ3n) is 3.62. The molecule has 24 heavy (non-hydrogen) atoms. The fourth-order valence-corrected chi connectivity index (χ4v) is 2.43. The molecule has 1 fully saturated rings. The number of rotatable bonds is 3. The van der Waals surface area contributed by atoms with Crippen molar-refractivity contribution in [3.8, 4) is 6.01 Å². The van der Waals surface area contributed by atoms with Crippen LogP contribution in [0.25, 0.3) is 0 Å². The molecule has 0 spiro atoms. The van der Waals surface area contributed by atoms with Crippen LogP contribution in [0, 0.1) is 12.7 Å². The molecule has 3 rings (SSSR count). The first-order chi connectivity index (χ1) is 11.3. The molecule has 2 aromatic rings. The van der Waals surface area contributed by atoms with Crippen molar-refractivity contribution < 1.29 is 22.3 Å². The molecule has 0 aliphatic carbocycles. The zero-order chi connectivity index (χ0) is 17.3. The number of aromatic nitrogens is 3. The minimum absolute atomic E-state index is 0.112. The van der Waals surface area contributed by atoms with Crippen LogP contribution in [0.1, 0.15) is 17.5 Å². The maximum absolute atomic E-state index is 14.0. The summed E-state index contributed by atoms with van der Waals surface area (Å²) in [7, 11) is 0. The second-order valence-electron chi connectivity index (χ2n) is 5.54. The summed E-state index contributed by atoms with van der Waals surface area (Å²) >= 11 is 0. The first kappa shape index (κ1) is 16.4. The zero-order valence-electron chi connectivity index (χ0n) is 12.7. The number of nitrogens with zero attached hydrogens (tertiary/aromatic N) is 4. The van der Waals surface area contributed by atoms with Crippen molar-refractivity contribution in [3.63, 3.8) is 0 Å². The molecule has 0 bridgehead atoms. The number of ether oxygens (including phenoxy) is 1. The Hall–Kier alpha value is -2.45. The number of hydrogen-bond acceptors (Lipinski definition) is 5. The van der Waals surface area contributed by atoms with Gasteiger partial charge in [-0.15, -0.1) is 0 Å². The predicted octanol–water partition coefficient (Wildman–Crippen LogP) is 3.00. The van der Waals surface area contributed by atoms with Gasteiger partial charge in [0.05, 0.1) is 12.1 Å². The van der Waals surface area contributed by atoms with E-state index in [0.29, 0.717) is 31.8 Å². The molecule has 1 atom stereocenters. The van der Waals surface area contributed by atoms with Crippen LogP contribution in [0.4, 0.5) is 23.4 Å². The molecule has 3 heterocycles. The van der Waals surface area contributed by atoms with Gasteiger partial charge in [-0.1, -0.05) is 0 Å². The zero-order valence-corrected chi connectivity index (χ0v) is 12.7.